The Bertz CT molecular complexity index is 951. The number of carbonyl (C=O) groups excluding carboxylic acids is 1. The summed E-state index contributed by atoms with van der Waals surface area (Å²) in [7, 11) is 0. The van der Waals surface area contributed by atoms with E-state index in [1.54, 1.807) is 18.5 Å². The van der Waals surface area contributed by atoms with E-state index in [9.17, 15) is 4.79 Å². The van der Waals surface area contributed by atoms with E-state index in [1.807, 2.05) is 13.8 Å². The average Bonchev–Trinajstić information content (AvgIpc) is 3.43. The van der Waals surface area contributed by atoms with E-state index in [4.69, 9.17) is 4.98 Å². The highest BCUT2D eigenvalue weighted by molar-refractivity contribution is 7.20. The highest BCUT2D eigenvalue weighted by Gasteiger charge is 2.28. The van der Waals surface area contributed by atoms with Crippen molar-refractivity contribution >= 4 is 33.4 Å². The second kappa shape index (κ2) is 6.95. The van der Waals surface area contributed by atoms with Crippen LogP contribution < -0.4 is 10.6 Å². The third kappa shape index (κ3) is 3.37. The number of hydrogen-bond donors (Lipinski definition) is 2. The standard InChI is InChI=1S/C18H20N6OS/c1-10-13-11(2)23-15(12-4-5-12)24-17(13)26-14(10)16(25)19-8-9-22-18-20-6-3-7-21-18/h3,6-7,12H,4-5,8-9H2,1-2H3,(H,19,25)(H,20,21,22). The Labute approximate surface area is 155 Å². The molecule has 7 nitrogen and oxygen atoms in total. The fourth-order valence-electron chi connectivity index (χ4n) is 2.92. The number of nitrogens with one attached hydrogen (secondary N) is 2. The van der Waals surface area contributed by atoms with Gasteiger partial charge in [0.1, 0.15) is 10.7 Å². The number of thiophene rings is 1. The van der Waals surface area contributed by atoms with Crippen molar-refractivity contribution < 1.29 is 4.79 Å². The van der Waals surface area contributed by atoms with Crippen molar-refractivity contribution in [3.8, 4) is 0 Å². The number of nitrogens with zero attached hydrogens (tertiary/aromatic N) is 4. The van der Waals surface area contributed by atoms with Crippen LogP contribution in [0.3, 0.4) is 0 Å². The summed E-state index contributed by atoms with van der Waals surface area (Å²) in [6, 6.07) is 1.76. The lowest BCUT2D eigenvalue weighted by Gasteiger charge is -2.06. The second-order valence-electron chi connectivity index (χ2n) is 6.43. The molecule has 3 heterocycles. The summed E-state index contributed by atoms with van der Waals surface area (Å²) in [5, 5.41) is 7.03. The summed E-state index contributed by atoms with van der Waals surface area (Å²) in [5.74, 6) is 1.91. The van der Waals surface area contributed by atoms with Gasteiger partial charge in [-0.25, -0.2) is 19.9 Å². The van der Waals surface area contributed by atoms with Crippen LogP contribution in [0, 0.1) is 13.8 Å². The van der Waals surface area contributed by atoms with Crippen LogP contribution in [-0.2, 0) is 0 Å². The second-order valence-corrected chi connectivity index (χ2v) is 7.43. The largest absolute Gasteiger partial charge is 0.352 e. The summed E-state index contributed by atoms with van der Waals surface area (Å²) in [4.78, 5) is 31.7. The maximum Gasteiger partial charge on any atom is 0.261 e. The lowest BCUT2D eigenvalue weighted by molar-refractivity contribution is 0.0958. The van der Waals surface area contributed by atoms with E-state index < -0.39 is 0 Å². The van der Waals surface area contributed by atoms with Gasteiger partial charge in [0.15, 0.2) is 0 Å². The third-order valence-corrected chi connectivity index (χ3v) is 5.58. The number of carbonyl (C=O) groups is 1. The molecule has 0 unspecified atom stereocenters. The van der Waals surface area contributed by atoms with E-state index >= 15 is 0 Å². The number of hydrogen-bond acceptors (Lipinski definition) is 7. The normalized spacial score (nSPS) is 13.8. The number of anilines is 1. The molecule has 26 heavy (non-hydrogen) atoms. The smallest absolute Gasteiger partial charge is 0.261 e. The van der Waals surface area contributed by atoms with Gasteiger partial charge < -0.3 is 10.6 Å². The highest BCUT2D eigenvalue weighted by atomic mass is 32.1. The Hall–Kier alpha value is -2.61. The number of amides is 1. The zero-order valence-electron chi connectivity index (χ0n) is 14.7. The van der Waals surface area contributed by atoms with Crippen LogP contribution in [-0.4, -0.2) is 38.9 Å². The lowest BCUT2D eigenvalue weighted by Crippen LogP contribution is -2.28. The first kappa shape index (κ1) is 16.8. The maximum absolute atomic E-state index is 12.6. The third-order valence-electron chi connectivity index (χ3n) is 4.40. The monoisotopic (exact) mass is 368 g/mol. The molecular weight excluding hydrogens is 348 g/mol. The van der Waals surface area contributed by atoms with Gasteiger partial charge in [0.2, 0.25) is 5.95 Å². The quantitative estimate of drug-likeness (QED) is 0.650. The van der Waals surface area contributed by atoms with Gasteiger partial charge in [-0.15, -0.1) is 11.3 Å². The maximum atomic E-state index is 12.6. The predicted octanol–water partition coefficient (Wildman–Crippen LogP) is 2.82. The van der Waals surface area contributed by atoms with Crippen molar-refractivity contribution in [1.82, 2.24) is 25.3 Å². The van der Waals surface area contributed by atoms with Crippen molar-refractivity contribution in [2.45, 2.75) is 32.6 Å². The van der Waals surface area contributed by atoms with Gasteiger partial charge in [-0.3, -0.25) is 4.79 Å². The molecule has 1 fully saturated rings. The minimum absolute atomic E-state index is 0.0753. The Morgan fingerprint density at radius 1 is 1.19 bits per heavy atom. The zero-order valence-corrected chi connectivity index (χ0v) is 15.6. The van der Waals surface area contributed by atoms with Crippen molar-refractivity contribution in [3.63, 3.8) is 0 Å². The fraction of sp³-hybridized carbons (Fsp3) is 0.389. The van der Waals surface area contributed by atoms with Gasteiger partial charge in [-0.2, -0.15) is 0 Å². The predicted molar refractivity (Wildman–Crippen MR) is 102 cm³/mol. The molecule has 2 N–H and O–H groups in total. The van der Waals surface area contributed by atoms with Crippen LogP contribution in [0.1, 0.15) is 45.5 Å². The first-order chi connectivity index (χ1) is 12.6. The van der Waals surface area contributed by atoms with E-state index in [1.165, 1.54) is 24.2 Å². The number of fused-ring (bicyclic) bond motifs is 1. The Morgan fingerprint density at radius 2 is 1.96 bits per heavy atom. The van der Waals surface area contributed by atoms with Gasteiger partial charge in [0.25, 0.3) is 5.91 Å². The minimum atomic E-state index is -0.0753. The molecule has 0 aliphatic heterocycles. The molecule has 8 heteroatoms. The summed E-state index contributed by atoms with van der Waals surface area (Å²) in [5.41, 5.74) is 1.93. The first-order valence-corrected chi connectivity index (χ1v) is 9.52. The number of aromatic nitrogens is 4. The molecule has 1 aliphatic rings. The summed E-state index contributed by atoms with van der Waals surface area (Å²) in [6.07, 6.45) is 5.68. The number of aryl methyl sites for hydroxylation is 2. The Balaban J connectivity index is 1.44. The summed E-state index contributed by atoms with van der Waals surface area (Å²) < 4.78 is 0. The van der Waals surface area contributed by atoms with Gasteiger partial charge >= 0.3 is 0 Å². The molecule has 3 aromatic heterocycles. The van der Waals surface area contributed by atoms with Crippen LogP contribution >= 0.6 is 11.3 Å². The molecule has 1 saturated carbocycles. The molecule has 1 amide bonds. The van der Waals surface area contributed by atoms with Crippen LogP contribution in [0.2, 0.25) is 0 Å². The molecular formula is C18H20N6OS. The van der Waals surface area contributed by atoms with Crippen molar-refractivity contribution in [1.29, 1.82) is 0 Å². The SMILES string of the molecule is Cc1nc(C2CC2)nc2sc(C(=O)NCCNc3ncccn3)c(C)c12. The van der Waals surface area contributed by atoms with Crippen LogP contribution in [0.25, 0.3) is 10.2 Å². The van der Waals surface area contributed by atoms with E-state index in [0.29, 0.717) is 29.8 Å². The van der Waals surface area contributed by atoms with Crippen molar-refractivity contribution in [3.05, 3.63) is 40.4 Å². The van der Waals surface area contributed by atoms with Gasteiger partial charge in [0.05, 0.1) is 10.6 Å². The van der Waals surface area contributed by atoms with E-state index in [0.717, 1.165) is 27.3 Å². The summed E-state index contributed by atoms with van der Waals surface area (Å²) >= 11 is 1.45. The van der Waals surface area contributed by atoms with Crippen LogP contribution in [0.4, 0.5) is 5.95 Å². The van der Waals surface area contributed by atoms with E-state index in [2.05, 4.69) is 25.6 Å². The van der Waals surface area contributed by atoms with Gasteiger partial charge in [-0.05, 0) is 38.3 Å². The van der Waals surface area contributed by atoms with Gasteiger partial charge in [-0.1, -0.05) is 0 Å². The molecule has 0 saturated heterocycles. The highest BCUT2D eigenvalue weighted by Crippen LogP contribution is 2.40. The molecule has 0 radical (unpaired) electrons. The molecule has 0 atom stereocenters. The van der Waals surface area contributed by atoms with Crippen LogP contribution in [0.15, 0.2) is 18.5 Å². The topological polar surface area (TPSA) is 92.7 Å². The zero-order chi connectivity index (χ0) is 18.1. The van der Waals surface area contributed by atoms with Crippen molar-refractivity contribution in [2.24, 2.45) is 0 Å². The minimum Gasteiger partial charge on any atom is -0.352 e. The van der Waals surface area contributed by atoms with Crippen LogP contribution in [0.5, 0.6) is 0 Å². The van der Waals surface area contributed by atoms with E-state index in [-0.39, 0.29) is 5.91 Å². The molecule has 4 rings (SSSR count). The van der Waals surface area contributed by atoms with Crippen molar-refractivity contribution in [2.75, 3.05) is 18.4 Å². The fourth-order valence-corrected chi connectivity index (χ4v) is 4.08. The molecule has 0 aromatic carbocycles. The molecule has 0 bridgehead atoms. The Kier molecular flexibility index (Phi) is 4.50. The molecule has 0 spiro atoms. The van der Waals surface area contributed by atoms with Gasteiger partial charge in [0, 0.05) is 36.8 Å². The average molecular weight is 368 g/mol. The Morgan fingerprint density at radius 3 is 2.69 bits per heavy atom. The molecule has 134 valence electrons. The molecule has 3 aromatic rings. The summed E-state index contributed by atoms with van der Waals surface area (Å²) in [6.45, 7) is 5.02. The molecule has 1 aliphatic carbocycles. The lowest BCUT2D eigenvalue weighted by atomic mass is 10.1. The number of rotatable bonds is 6. The first-order valence-electron chi connectivity index (χ1n) is 8.70.